The van der Waals surface area contributed by atoms with Crippen LogP contribution >= 0.6 is 11.6 Å². The zero-order valence-electron chi connectivity index (χ0n) is 29.6. The smallest absolute Gasteiger partial charge is 0.410 e. The Morgan fingerprint density at radius 2 is 1.78 bits per heavy atom. The Morgan fingerprint density at radius 3 is 2.48 bits per heavy atom. The Labute approximate surface area is 298 Å². The second-order valence-electron chi connectivity index (χ2n) is 14.3. The molecular formula is C37H47ClFN7O4. The third kappa shape index (κ3) is 8.07. The lowest BCUT2D eigenvalue weighted by Gasteiger charge is -2.38. The summed E-state index contributed by atoms with van der Waals surface area (Å²) in [6, 6.07) is 12.9. The highest BCUT2D eigenvalue weighted by Gasteiger charge is 2.31. The van der Waals surface area contributed by atoms with Crippen LogP contribution in [0.4, 0.5) is 20.7 Å². The van der Waals surface area contributed by atoms with Crippen LogP contribution in [-0.4, -0.2) is 115 Å². The number of halogens is 2. The lowest BCUT2D eigenvalue weighted by molar-refractivity contribution is -0.129. The van der Waals surface area contributed by atoms with Crippen LogP contribution < -0.4 is 14.5 Å². The summed E-state index contributed by atoms with van der Waals surface area (Å²) in [4.78, 5) is 44.7. The molecule has 3 aliphatic rings. The molecule has 2 amide bonds. The van der Waals surface area contributed by atoms with Crippen LogP contribution in [-0.2, 0) is 22.5 Å². The summed E-state index contributed by atoms with van der Waals surface area (Å²) < 4.78 is 26.6. The van der Waals surface area contributed by atoms with Crippen LogP contribution in [0.15, 0.2) is 48.3 Å². The highest BCUT2D eigenvalue weighted by Crippen LogP contribution is 2.37. The van der Waals surface area contributed by atoms with Crippen LogP contribution in [0, 0.1) is 0 Å². The monoisotopic (exact) mass is 707 g/mol. The Bertz CT molecular complexity index is 1750. The van der Waals surface area contributed by atoms with Crippen molar-refractivity contribution in [2.45, 2.75) is 58.2 Å². The van der Waals surface area contributed by atoms with Gasteiger partial charge in [-0.2, -0.15) is 9.97 Å². The number of anilines is 2. The standard InChI is InChI=1S/C37H47ClFN7O4/c1-37(2,3)50-36(48)43(5)17-15-29(39)34(47)45-21-19-44(20-22-45)33-27-14-18-46(31-13-7-10-25-9-6-12-28(38)32(25)31)23-30(27)40-35(41-33)49-24-26-11-8-16-42(26)4/h6-7,9-10,12-13,15,26H,8,11,14,16-24H2,1-5H3/b29-15+/t26-/m0/s1. The minimum atomic E-state index is -0.894. The van der Waals surface area contributed by atoms with Crippen molar-refractivity contribution in [1.29, 1.82) is 0 Å². The topological polar surface area (TPSA) is 94.6 Å². The average Bonchev–Trinajstić information content (AvgIpc) is 3.52. The summed E-state index contributed by atoms with van der Waals surface area (Å²) in [5.41, 5.74) is 2.36. The van der Waals surface area contributed by atoms with Crippen molar-refractivity contribution in [2.24, 2.45) is 0 Å². The van der Waals surface area contributed by atoms with Crippen LogP contribution in [0.25, 0.3) is 10.8 Å². The molecule has 0 radical (unpaired) electrons. The van der Waals surface area contributed by atoms with Crippen LogP contribution in [0.1, 0.15) is 44.9 Å². The van der Waals surface area contributed by atoms with E-state index in [0.29, 0.717) is 56.4 Å². The number of aromatic nitrogens is 2. The van der Waals surface area contributed by atoms with Crippen LogP contribution in [0.5, 0.6) is 6.01 Å². The molecule has 11 nitrogen and oxygen atoms in total. The van der Waals surface area contributed by atoms with Crippen molar-refractivity contribution in [1.82, 2.24) is 24.7 Å². The first-order valence-electron chi connectivity index (χ1n) is 17.4. The molecule has 1 atom stereocenters. The third-order valence-corrected chi connectivity index (χ3v) is 9.91. The molecule has 6 rings (SSSR count). The largest absolute Gasteiger partial charge is 0.462 e. The molecule has 0 spiro atoms. The Morgan fingerprint density at radius 1 is 1.04 bits per heavy atom. The first-order chi connectivity index (χ1) is 23.9. The number of fused-ring (bicyclic) bond motifs is 2. The number of rotatable bonds is 8. The van der Waals surface area contributed by atoms with Gasteiger partial charge in [-0.15, -0.1) is 0 Å². The molecule has 268 valence electrons. The first-order valence-corrected chi connectivity index (χ1v) is 17.7. The van der Waals surface area contributed by atoms with Crippen molar-refractivity contribution in [3.05, 3.63) is 64.6 Å². The zero-order valence-corrected chi connectivity index (χ0v) is 30.4. The molecule has 0 saturated carbocycles. The summed E-state index contributed by atoms with van der Waals surface area (Å²) in [5, 5.41) is 2.82. The molecular weight excluding hydrogens is 661 g/mol. The van der Waals surface area contributed by atoms with Gasteiger partial charge in [0.2, 0.25) is 0 Å². The summed E-state index contributed by atoms with van der Waals surface area (Å²) in [5.74, 6) is -0.780. The normalized spacial score (nSPS) is 18.7. The maximum absolute atomic E-state index is 15.0. The molecule has 1 aromatic heterocycles. The number of carbonyl (C=O) groups excluding carboxylic acids is 2. The van der Waals surface area contributed by atoms with E-state index in [1.54, 1.807) is 20.8 Å². The minimum absolute atomic E-state index is 0.0824. The second-order valence-corrected chi connectivity index (χ2v) is 14.7. The van der Waals surface area contributed by atoms with Gasteiger partial charge in [-0.1, -0.05) is 35.9 Å². The Hall–Kier alpha value is -4.16. The Balaban J connectivity index is 1.18. The molecule has 0 aliphatic carbocycles. The van der Waals surface area contributed by atoms with E-state index in [9.17, 15) is 9.59 Å². The molecule has 4 heterocycles. The number of piperazine rings is 1. The number of benzene rings is 2. The van der Waals surface area contributed by atoms with E-state index in [1.165, 1.54) is 16.8 Å². The van der Waals surface area contributed by atoms with E-state index >= 15 is 4.39 Å². The fourth-order valence-corrected chi connectivity index (χ4v) is 7.09. The summed E-state index contributed by atoms with van der Waals surface area (Å²) in [6.45, 7) is 9.69. The number of nitrogens with zero attached hydrogens (tertiary/aromatic N) is 7. The van der Waals surface area contributed by atoms with Gasteiger partial charge in [0.15, 0.2) is 5.83 Å². The lowest BCUT2D eigenvalue weighted by atomic mass is 10.0. The molecule has 13 heteroatoms. The van der Waals surface area contributed by atoms with Crippen molar-refractivity contribution in [3.8, 4) is 6.01 Å². The van der Waals surface area contributed by atoms with E-state index in [-0.39, 0.29) is 6.54 Å². The number of likely N-dealkylation sites (tertiary alicyclic amines) is 1. The van der Waals surface area contributed by atoms with Gasteiger partial charge in [0.1, 0.15) is 18.0 Å². The highest BCUT2D eigenvalue weighted by molar-refractivity contribution is 6.36. The highest BCUT2D eigenvalue weighted by atomic mass is 35.5. The quantitative estimate of drug-likeness (QED) is 0.274. The predicted molar refractivity (Wildman–Crippen MR) is 194 cm³/mol. The van der Waals surface area contributed by atoms with Gasteiger partial charge < -0.3 is 34.0 Å². The average molecular weight is 708 g/mol. The number of likely N-dealkylation sites (N-methyl/N-ethyl adjacent to an activating group) is 2. The van der Waals surface area contributed by atoms with Gasteiger partial charge in [-0.05, 0) is 77.2 Å². The molecule has 2 fully saturated rings. The van der Waals surface area contributed by atoms with E-state index in [0.717, 1.165) is 72.0 Å². The third-order valence-electron chi connectivity index (χ3n) is 9.59. The Kier molecular flexibility index (Phi) is 10.7. The maximum atomic E-state index is 15.0. The first kappa shape index (κ1) is 35.7. The fourth-order valence-electron chi connectivity index (χ4n) is 6.81. The number of hydrogen-bond acceptors (Lipinski definition) is 9. The molecule has 2 aromatic carbocycles. The zero-order chi connectivity index (χ0) is 35.6. The molecule has 50 heavy (non-hydrogen) atoms. The van der Waals surface area contributed by atoms with E-state index in [2.05, 4.69) is 46.0 Å². The predicted octanol–water partition coefficient (Wildman–Crippen LogP) is 5.69. The number of amides is 2. The van der Waals surface area contributed by atoms with Gasteiger partial charge in [-0.25, -0.2) is 9.18 Å². The van der Waals surface area contributed by atoms with Crippen molar-refractivity contribution in [3.63, 3.8) is 0 Å². The van der Waals surface area contributed by atoms with Crippen molar-refractivity contribution >= 4 is 45.9 Å². The van der Waals surface area contributed by atoms with Crippen molar-refractivity contribution < 1.29 is 23.5 Å². The van der Waals surface area contributed by atoms with Gasteiger partial charge in [0.05, 0.1) is 17.3 Å². The molecule has 3 aromatic rings. The minimum Gasteiger partial charge on any atom is -0.462 e. The SMILES string of the molecule is CN(C/C=C(/F)C(=O)N1CCN(c2nc(OC[C@@H]3CCCN3C)nc3c2CCN(c2cccc4cccc(Cl)c24)C3)CC1)C(=O)OC(C)(C)C. The van der Waals surface area contributed by atoms with E-state index < -0.39 is 23.4 Å². The van der Waals surface area contributed by atoms with Gasteiger partial charge >= 0.3 is 12.1 Å². The second kappa shape index (κ2) is 15.0. The molecule has 0 unspecified atom stereocenters. The fraction of sp³-hybridized carbons (Fsp3) is 0.514. The summed E-state index contributed by atoms with van der Waals surface area (Å²) in [6.07, 6.45) is 3.47. The summed E-state index contributed by atoms with van der Waals surface area (Å²) >= 11 is 6.71. The van der Waals surface area contributed by atoms with Gasteiger partial charge in [-0.3, -0.25) is 4.79 Å². The molecule has 0 bridgehead atoms. The summed E-state index contributed by atoms with van der Waals surface area (Å²) in [7, 11) is 3.62. The molecule has 3 aliphatic heterocycles. The van der Waals surface area contributed by atoms with E-state index in [1.807, 2.05) is 12.1 Å². The molecule has 0 N–H and O–H groups in total. The van der Waals surface area contributed by atoms with Crippen LogP contribution in [0.2, 0.25) is 5.02 Å². The maximum Gasteiger partial charge on any atom is 0.410 e. The van der Waals surface area contributed by atoms with Crippen LogP contribution in [0.3, 0.4) is 0 Å². The number of hydrogen-bond donors (Lipinski definition) is 0. The lowest BCUT2D eigenvalue weighted by Crippen LogP contribution is -2.49. The van der Waals surface area contributed by atoms with Crippen molar-refractivity contribution in [2.75, 3.05) is 76.3 Å². The van der Waals surface area contributed by atoms with Gasteiger partial charge in [0, 0.05) is 69.0 Å². The number of ether oxygens (including phenoxy) is 2. The number of carbonyl (C=O) groups is 2. The molecule has 2 saturated heterocycles. The van der Waals surface area contributed by atoms with E-state index in [4.69, 9.17) is 31.0 Å². The van der Waals surface area contributed by atoms with Gasteiger partial charge in [0.25, 0.3) is 5.91 Å².